The van der Waals surface area contributed by atoms with Crippen molar-refractivity contribution >= 4 is 9.84 Å². The molecule has 1 aliphatic rings. The molecule has 3 N–H and O–H groups in total. The van der Waals surface area contributed by atoms with Crippen LogP contribution in [0.15, 0.2) is 0 Å². The summed E-state index contributed by atoms with van der Waals surface area (Å²) >= 11 is 0. The fraction of sp³-hybridized carbons (Fsp3) is 1.00. The Bertz CT molecular complexity index is 271. The van der Waals surface area contributed by atoms with E-state index in [1.807, 2.05) is 6.92 Å². The topological polar surface area (TPSA) is 80.4 Å². The van der Waals surface area contributed by atoms with Crippen LogP contribution in [0.2, 0.25) is 0 Å². The van der Waals surface area contributed by atoms with Crippen molar-refractivity contribution in [2.45, 2.75) is 25.4 Å². The number of aliphatic hydroxyl groups is 1. The second kappa shape index (κ2) is 3.55. The number of rotatable bonds is 3. The van der Waals surface area contributed by atoms with Crippen molar-refractivity contribution in [2.24, 2.45) is 11.7 Å². The van der Waals surface area contributed by atoms with E-state index in [0.717, 1.165) is 6.42 Å². The first-order valence-corrected chi connectivity index (χ1v) is 6.38. The maximum absolute atomic E-state index is 11.2. The summed E-state index contributed by atoms with van der Waals surface area (Å²) in [6.07, 6.45) is 1.06. The van der Waals surface area contributed by atoms with Gasteiger partial charge in [0, 0.05) is 5.92 Å². The first-order valence-electron chi connectivity index (χ1n) is 4.56. The molecule has 1 heterocycles. The third-order valence-electron chi connectivity index (χ3n) is 2.85. The Kier molecular flexibility index (Phi) is 2.99. The molecule has 0 saturated carbocycles. The molecule has 0 aromatic heterocycles. The Morgan fingerprint density at radius 2 is 2.23 bits per heavy atom. The van der Waals surface area contributed by atoms with Crippen LogP contribution in [0.4, 0.5) is 0 Å². The summed E-state index contributed by atoms with van der Waals surface area (Å²) in [6.45, 7) is 2.27. The summed E-state index contributed by atoms with van der Waals surface area (Å²) in [4.78, 5) is 0. The average Bonchev–Trinajstić information content (AvgIpc) is 2.29. The van der Waals surface area contributed by atoms with Gasteiger partial charge in [-0.15, -0.1) is 0 Å². The Hall–Kier alpha value is -0.130. The van der Waals surface area contributed by atoms with E-state index < -0.39 is 15.4 Å². The number of hydrogen-bond donors (Lipinski definition) is 2. The molecule has 0 radical (unpaired) electrons. The minimum atomic E-state index is -3.02. The number of hydrogen-bond acceptors (Lipinski definition) is 4. The molecule has 5 heteroatoms. The minimum absolute atomic E-state index is 0.0928. The number of nitrogens with two attached hydrogens (primary N) is 1. The SMILES string of the molecule is CCC(CN)C1(O)CCS(=O)(=O)C1. The molecule has 0 amide bonds. The maximum Gasteiger partial charge on any atom is 0.153 e. The molecular weight excluding hydrogens is 190 g/mol. The van der Waals surface area contributed by atoms with Gasteiger partial charge in [-0.05, 0) is 19.4 Å². The molecular formula is C8H17NO3S. The molecule has 4 nitrogen and oxygen atoms in total. The maximum atomic E-state index is 11.2. The molecule has 0 aliphatic carbocycles. The zero-order chi connectivity index (χ0) is 10.1. The van der Waals surface area contributed by atoms with Crippen molar-refractivity contribution < 1.29 is 13.5 Å². The van der Waals surface area contributed by atoms with Gasteiger partial charge in [-0.1, -0.05) is 6.92 Å². The molecule has 2 atom stereocenters. The van der Waals surface area contributed by atoms with Crippen molar-refractivity contribution in [2.75, 3.05) is 18.1 Å². The van der Waals surface area contributed by atoms with E-state index in [-0.39, 0.29) is 17.4 Å². The molecule has 0 aromatic carbocycles. The quantitative estimate of drug-likeness (QED) is 0.655. The Balaban J connectivity index is 2.79. The second-order valence-corrected chi connectivity index (χ2v) is 5.97. The lowest BCUT2D eigenvalue weighted by atomic mass is 9.85. The molecule has 1 saturated heterocycles. The normalized spacial score (nSPS) is 34.7. The monoisotopic (exact) mass is 207 g/mol. The van der Waals surface area contributed by atoms with Gasteiger partial charge in [0.2, 0.25) is 0 Å². The summed E-state index contributed by atoms with van der Waals surface area (Å²) in [5.74, 6) is -0.111. The zero-order valence-electron chi connectivity index (χ0n) is 7.86. The summed E-state index contributed by atoms with van der Waals surface area (Å²) < 4.78 is 22.4. The van der Waals surface area contributed by atoms with Gasteiger partial charge < -0.3 is 10.8 Å². The third kappa shape index (κ3) is 2.21. The van der Waals surface area contributed by atoms with Crippen molar-refractivity contribution in [3.8, 4) is 0 Å². The highest BCUT2D eigenvalue weighted by Gasteiger charge is 2.44. The first-order chi connectivity index (χ1) is 5.93. The fourth-order valence-electron chi connectivity index (χ4n) is 1.95. The van der Waals surface area contributed by atoms with Crippen LogP contribution < -0.4 is 5.73 Å². The highest BCUT2D eigenvalue weighted by Crippen LogP contribution is 2.31. The van der Waals surface area contributed by atoms with Gasteiger partial charge in [-0.3, -0.25) is 0 Å². The van der Waals surface area contributed by atoms with Gasteiger partial charge in [0.1, 0.15) is 0 Å². The van der Waals surface area contributed by atoms with Crippen LogP contribution in [0.25, 0.3) is 0 Å². The smallest absolute Gasteiger partial charge is 0.153 e. The highest BCUT2D eigenvalue weighted by molar-refractivity contribution is 7.91. The average molecular weight is 207 g/mol. The van der Waals surface area contributed by atoms with Gasteiger partial charge in [-0.2, -0.15) is 0 Å². The van der Waals surface area contributed by atoms with Crippen LogP contribution in [0.1, 0.15) is 19.8 Å². The Morgan fingerprint density at radius 1 is 1.62 bits per heavy atom. The van der Waals surface area contributed by atoms with Gasteiger partial charge in [-0.25, -0.2) is 8.42 Å². The van der Waals surface area contributed by atoms with E-state index in [9.17, 15) is 13.5 Å². The second-order valence-electron chi connectivity index (χ2n) is 3.79. The lowest BCUT2D eigenvalue weighted by Gasteiger charge is -2.29. The molecule has 1 aliphatic heterocycles. The molecule has 0 aromatic rings. The molecule has 13 heavy (non-hydrogen) atoms. The predicted octanol–water partition coefficient (Wildman–Crippen LogP) is -0.479. The number of sulfone groups is 1. The Morgan fingerprint density at radius 3 is 2.54 bits per heavy atom. The van der Waals surface area contributed by atoms with Crippen LogP contribution in [0.5, 0.6) is 0 Å². The predicted molar refractivity (Wildman–Crippen MR) is 51.1 cm³/mol. The first kappa shape index (κ1) is 10.9. The fourth-order valence-corrected chi connectivity index (χ4v) is 3.90. The molecule has 78 valence electrons. The van der Waals surface area contributed by atoms with Crippen LogP contribution in [-0.4, -0.2) is 37.2 Å². The van der Waals surface area contributed by atoms with E-state index in [1.165, 1.54) is 0 Å². The lowest BCUT2D eigenvalue weighted by molar-refractivity contribution is 0.00803. The summed E-state index contributed by atoms with van der Waals surface area (Å²) in [6, 6.07) is 0. The van der Waals surface area contributed by atoms with Gasteiger partial charge in [0.25, 0.3) is 0 Å². The van der Waals surface area contributed by atoms with Crippen molar-refractivity contribution in [1.29, 1.82) is 0 Å². The molecule has 1 fully saturated rings. The van der Waals surface area contributed by atoms with Crippen molar-refractivity contribution in [3.05, 3.63) is 0 Å². The van der Waals surface area contributed by atoms with E-state index >= 15 is 0 Å². The minimum Gasteiger partial charge on any atom is -0.388 e. The molecule has 0 spiro atoms. The highest BCUT2D eigenvalue weighted by atomic mass is 32.2. The summed E-state index contributed by atoms with van der Waals surface area (Å²) in [5.41, 5.74) is 4.41. The largest absolute Gasteiger partial charge is 0.388 e. The van der Waals surface area contributed by atoms with Crippen LogP contribution in [0.3, 0.4) is 0 Å². The molecule has 2 unspecified atom stereocenters. The van der Waals surface area contributed by atoms with Gasteiger partial charge in [0.05, 0.1) is 17.1 Å². The van der Waals surface area contributed by atoms with E-state index in [0.29, 0.717) is 13.0 Å². The summed E-state index contributed by atoms with van der Waals surface area (Å²) in [7, 11) is -3.02. The van der Waals surface area contributed by atoms with Crippen LogP contribution >= 0.6 is 0 Å². The van der Waals surface area contributed by atoms with Crippen LogP contribution in [0, 0.1) is 5.92 Å². The molecule has 0 bridgehead atoms. The van der Waals surface area contributed by atoms with E-state index in [1.54, 1.807) is 0 Å². The lowest BCUT2D eigenvalue weighted by Crippen LogP contribution is -2.42. The van der Waals surface area contributed by atoms with Gasteiger partial charge >= 0.3 is 0 Å². The molecule has 1 rings (SSSR count). The summed E-state index contributed by atoms with van der Waals surface area (Å²) in [5, 5.41) is 10.0. The standard InChI is InChI=1S/C8H17NO3S/c1-2-7(5-9)8(10)3-4-13(11,12)6-8/h7,10H,2-6,9H2,1H3. The van der Waals surface area contributed by atoms with Crippen LogP contribution in [-0.2, 0) is 9.84 Å². The zero-order valence-corrected chi connectivity index (χ0v) is 8.68. The third-order valence-corrected chi connectivity index (χ3v) is 4.62. The Labute approximate surface area is 79.0 Å². The van der Waals surface area contributed by atoms with E-state index in [2.05, 4.69) is 0 Å². The van der Waals surface area contributed by atoms with E-state index in [4.69, 9.17) is 5.73 Å². The van der Waals surface area contributed by atoms with Crippen molar-refractivity contribution in [1.82, 2.24) is 0 Å². The van der Waals surface area contributed by atoms with Crippen molar-refractivity contribution in [3.63, 3.8) is 0 Å². The van der Waals surface area contributed by atoms with Gasteiger partial charge in [0.15, 0.2) is 9.84 Å².